The molecule has 0 aromatic heterocycles. The van der Waals surface area contributed by atoms with Gasteiger partial charge in [-0.15, -0.1) is 0 Å². The van der Waals surface area contributed by atoms with Gasteiger partial charge in [0.15, 0.2) is 0 Å². The van der Waals surface area contributed by atoms with E-state index in [1.807, 2.05) is 19.3 Å². The van der Waals surface area contributed by atoms with Gasteiger partial charge in [-0.3, -0.25) is 14.4 Å². The lowest BCUT2D eigenvalue weighted by atomic mass is 10.1. The highest BCUT2D eigenvalue weighted by Crippen LogP contribution is 1.96. The molecule has 0 aromatic carbocycles. The number of hydrogen-bond acceptors (Lipinski definition) is 3. The zero-order valence-corrected chi connectivity index (χ0v) is 7.23. The van der Waals surface area contributed by atoms with Crippen LogP contribution >= 0.6 is 0 Å². The van der Waals surface area contributed by atoms with Gasteiger partial charge in [-0.25, -0.2) is 0 Å². The van der Waals surface area contributed by atoms with E-state index in [2.05, 4.69) is 0 Å². The lowest BCUT2D eigenvalue weighted by Crippen LogP contribution is -2.38. The molecule has 0 spiro atoms. The van der Waals surface area contributed by atoms with E-state index in [-0.39, 0.29) is 11.8 Å². The molecule has 2 N–H and O–H groups in total. The summed E-state index contributed by atoms with van der Waals surface area (Å²) in [4.78, 5) is 12.5. The molecule has 0 heterocycles. The zero-order chi connectivity index (χ0) is 8.85. The van der Waals surface area contributed by atoms with Crippen LogP contribution in [0.2, 0.25) is 0 Å². The van der Waals surface area contributed by atoms with Crippen LogP contribution in [0.3, 0.4) is 0 Å². The molecule has 1 unspecified atom stereocenters. The van der Waals surface area contributed by atoms with Gasteiger partial charge in [0.25, 0.3) is 0 Å². The molecule has 1 atom stereocenters. The van der Waals surface area contributed by atoms with Crippen LogP contribution in [0.15, 0.2) is 0 Å². The van der Waals surface area contributed by atoms with Gasteiger partial charge in [0, 0.05) is 17.7 Å². The first kappa shape index (κ1) is 10.5. The van der Waals surface area contributed by atoms with Crippen LogP contribution in [0.25, 0.3) is 0 Å². The second kappa shape index (κ2) is 5.22. The largest absolute Gasteiger partial charge is 0.759 e. The molecule has 0 aliphatic heterocycles. The predicted octanol–water partition coefficient (Wildman–Crippen LogP) is -0.553. The Morgan fingerprint density at radius 2 is 2.18 bits per heavy atom. The molecular weight excluding hydrogens is 168 g/mol. The molecule has 0 rings (SSSR count). The van der Waals surface area contributed by atoms with Crippen molar-refractivity contribution < 1.29 is 13.6 Å². The van der Waals surface area contributed by atoms with E-state index < -0.39 is 11.3 Å². The van der Waals surface area contributed by atoms with Crippen LogP contribution in [-0.2, 0) is 16.1 Å². The molecule has 1 amide bonds. The van der Waals surface area contributed by atoms with E-state index in [0.29, 0.717) is 6.42 Å². The molecule has 0 fully saturated rings. The Bertz CT molecular complexity index is 160. The predicted molar refractivity (Wildman–Crippen MR) is 39.7 cm³/mol. The van der Waals surface area contributed by atoms with E-state index >= 15 is 0 Å². The standard InChI is InChI=1S/C5H12N2O3S/c1-4(2)3-5(8)6-7-11(9)10/h4,7H,3H2,1-2H3,(H,6,8)(H,9,10)/p-1. The first-order valence-corrected chi connectivity index (χ1v) is 4.23. The highest BCUT2D eigenvalue weighted by atomic mass is 32.2. The fourth-order valence-corrected chi connectivity index (χ4v) is 0.718. The van der Waals surface area contributed by atoms with Gasteiger partial charge in [-0.1, -0.05) is 13.8 Å². The van der Waals surface area contributed by atoms with Gasteiger partial charge in [-0.05, 0) is 5.92 Å². The smallest absolute Gasteiger partial charge is 0.235 e. The monoisotopic (exact) mass is 179 g/mol. The molecule has 0 aromatic rings. The number of rotatable bonds is 4. The molecule has 0 saturated carbocycles. The van der Waals surface area contributed by atoms with Gasteiger partial charge in [0.1, 0.15) is 0 Å². The molecule has 0 bridgehead atoms. The number of carbonyl (C=O) groups excluding carboxylic acids is 1. The molecule has 0 saturated heterocycles. The number of hydrogen-bond donors (Lipinski definition) is 2. The highest BCUT2D eigenvalue weighted by Gasteiger charge is 2.02. The molecule has 5 nitrogen and oxygen atoms in total. The van der Waals surface area contributed by atoms with Crippen molar-refractivity contribution in [3.63, 3.8) is 0 Å². The molecule has 66 valence electrons. The van der Waals surface area contributed by atoms with Gasteiger partial charge in [-0.2, -0.15) is 4.83 Å². The fourth-order valence-electron chi connectivity index (χ4n) is 0.520. The van der Waals surface area contributed by atoms with Crippen LogP contribution in [0.4, 0.5) is 0 Å². The average Bonchev–Trinajstić information content (AvgIpc) is 1.82. The van der Waals surface area contributed by atoms with Crippen molar-refractivity contribution in [2.24, 2.45) is 5.92 Å². The maximum absolute atomic E-state index is 10.7. The van der Waals surface area contributed by atoms with E-state index in [0.717, 1.165) is 0 Å². The van der Waals surface area contributed by atoms with Crippen molar-refractivity contribution in [1.82, 2.24) is 10.3 Å². The molecule has 0 aliphatic rings. The summed E-state index contributed by atoms with van der Waals surface area (Å²) in [7, 11) is 0. The van der Waals surface area contributed by atoms with Gasteiger partial charge >= 0.3 is 0 Å². The lowest BCUT2D eigenvalue weighted by Gasteiger charge is -2.09. The second-order valence-electron chi connectivity index (χ2n) is 2.48. The third-order valence-corrected chi connectivity index (χ3v) is 1.14. The molecule has 6 heteroatoms. The SMILES string of the molecule is CC(C)CC(=O)NNS(=O)[O-]. The molecular formula is C5H11N2O3S-. The Hall–Kier alpha value is -0.460. The molecule has 11 heavy (non-hydrogen) atoms. The third-order valence-electron chi connectivity index (χ3n) is 0.867. The molecule has 0 radical (unpaired) electrons. The Morgan fingerprint density at radius 3 is 2.55 bits per heavy atom. The van der Waals surface area contributed by atoms with Crippen molar-refractivity contribution in [2.75, 3.05) is 0 Å². The highest BCUT2D eigenvalue weighted by molar-refractivity contribution is 7.77. The first-order valence-electron chi connectivity index (χ1n) is 3.16. The number of hydrazine groups is 1. The lowest BCUT2D eigenvalue weighted by molar-refractivity contribution is -0.122. The van der Waals surface area contributed by atoms with E-state index in [9.17, 15) is 13.6 Å². The van der Waals surface area contributed by atoms with E-state index in [1.165, 1.54) is 0 Å². The minimum absolute atomic E-state index is 0.219. The van der Waals surface area contributed by atoms with Crippen LogP contribution in [0.1, 0.15) is 20.3 Å². The number of carbonyl (C=O) groups is 1. The number of nitrogens with one attached hydrogen (secondary N) is 2. The summed E-state index contributed by atoms with van der Waals surface area (Å²) < 4.78 is 19.7. The summed E-state index contributed by atoms with van der Waals surface area (Å²) >= 11 is -2.43. The average molecular weight is 179 g/mol. The summed E-state index contributed by atoms with van der Waals surface area (Å²) in [5.74, 6) is -0.110. The van der Waals surface area contributed by atoms with Crippen LogP contribution in [0, 0.1) is 5.92 Å². The van der Waals surface area contributed by atoms with Crippen molar-refractivity contribution in [2.45, 2.75) is 20.3 Å². The maximum Gasteiger partial charge on any atom is 0.235 e. The van der Waals surface area contributed by atoms with Gasteiger partial charge in [0.05, 0.1) is 0 Å². The van der Waals surface area contributed by atoms with Crippen molar-refractivity contribution >= 4 is 17.2 Å². The topological polar surface area (TPSA) is 81.3 Å². The second-order valence-corrected chi connectivity index (χ2v) is 3.16. The summed E-state index contributed by atoms with van der Waals surface area (Å²) in [6.45, 7) is 3.74. The minimum atomic E-state index is -2.43. The normalized spacial score (nSPS) is 13.1. The summed E-state index contributed by atoms with van der Waals surface area (Å²) in [5, 5.41) is 0. The van der Waals surface area contributed by atoms with Crippen molar-refractivity contribution in [1.29, 1.82) is 0 Å². The quantitative estimate of drug-likeness (QED) is 0.448. The Morgan fingerprint density at radius 1 is 1.64 bits per heavy atom. The zero-order valence-electron chi connectivity index (χ0n) is 6.42. The summed E-state index contributed by atoms with van der Waals surface area (Å²) in [6, 6.07) is 0. The van der Waals surface area contributed by atoms with E-state index in [4.69, 9.17) is 0 Å². The maximum atomic E-state index is 10.7. The fraction of sp³-hybridized carbons (Fsp3) is 0.800. The van der Waals surface area contributed by atoms with Crippen LogP contribution in [-0.4, -0.2) is 14.7 Å². The van der Waals surface area contributed by atoms with Gasteiger partial charge in [0.2, 0.25) is 5.91 Å². The minimum Gasteiger partial charge on any atom is -0.759 e. The Kier molecular flexibility index (Phi) is 5.01. The summed E-state index contributed by atoms with van der Waals surface area (Å²) in [5.41, 5.74) is 2.01. The van der Waals surface area contributed by atoms with Crippen LogP contribution < -0.4 is 10.3 Å². The third kappa shape index (κ3) is 7.44. The van der Waals surface area contributed by atoms with E-state index in [1.54, 1.807) is 4.83 Å². The van der Waals surface area contributed by atoms with Crippen molar-refractivity contribution in [3.8, 4) is 0 Å². The first-order chi connectivity index (χ1) is 5.02. The van der Waals surface area contributed by atoms with Crippen LogP contribution in [0.5, 0.6) is 0 Å². The Labute approximate surface area is 67.9 Å². The van der Waals surface area contributed by atoms with Crippen molar-refractivity contribution in [3.05, 3.63) is 0 Å². The number of amides is 1. The van der Waals surface area contributed by atoms with Gasteiger partial charge < -0.3 is 4.55 Å². The molecule has 0 aliphatic carbocycles. The summed E-state index contributed by atoms with van der Waals surface area (Å²) in [6.07, 6.45) is 0.310. The Balaban J connectivity index is 3.45.